The lowest BCUT2D eigenvalue weighted by Gasteiger charge is -2.20. The number of hydrogen-bond donors (Lipinski definition) is 2. The Bertz CT molecular complexity index is 872. The van der Waals surface area contributed by atoms with Gasteiger partial charge in [-0.25, -0.2) is 4.98 Å². The monoisotopic (exact) mass is 432 g/mol. The van der Waals surface area contributed by atoms with E-state index in [-0.39, 0.29) is 24.1 Å². The number of amides is 3. The number of hydrogen-bond acceptors (Lipinski definition) is 6. The van der Waals surface area contributed by atoms with E-state index in [1.807, 2.05) is 48.9 Å². The van der Waals surface area contributed by atoms with Crippen molar-refractivity contribution in [2.45, 2.75) is 25.8 Å². The molecular weight excluding hydrogens is 408 g/mol. The van der Waals surface area contributed by atoms with E-state index in [0.717, 1.165) is 17.1 Å². The molecule has 2 heterocycles. The highest BCUT2D eigenvalue weighted by Gasteiger charge is 2.36. The van der Waals surface area contributed by atoms with E-state index in [2.05, 4.69) is 15.6 Å². The average molecular weight is 433 g/mol. The first kappa shape index (κ1) is 21.3. The Hall–Kier alpha value is -2.39. The minimum atomic E-state index is -0.667. The second-order valence-electron chi connectivity index (χ2n) is 6.87. The molecule has 3 amide bonds. The van der Waals surface area contributed by atoms with Crippen molar-refractivity contribution in [2.75, 3.05) is 28.8 Å². The first-order valence-electron chi connectivity index (χ1n) is 9.35. The number of benzene rings is 1. The van der Waals surface area contributed by atoms with Gasteiger partial charge in [-0.2, -0.15) is 11.8 Å². The summed E-state index contributed by atoms with van der Waals surface area (Å²) >= 11 is 2.96. The van der Waals surface area contributed by atoms with Crippen molar-refractivity contribution in [1.29, 1.82) is 0 Å². The van der Waals surface area contributed by atoms with Crippen LogP contribution in [0.4, 0.5) is 10.8 Å². The molecule has 0 unspecified atom stereocenters. The molecule has 1 aliphatic heterocycles. The highest BCUT2D eigenvalue weighted by Crippen LogP contribution is 2.25. The summed E-state index contributed by atoms with van der Waals surface area (Å²) in [7, 11) is 0. The van der Waals surface area contributed by atoms with E-state index >= 15 is 0 Å². The van der Waals surface area contributed by atoms with Crippen molar-refractivity contribution in [1.82, 2.24) is 10.3 Å². The summed E-state index contributed by atoms with van der Waals surface area (Å²) in [5.41, 5.74) is 1.61. The number of para-hydroxylation sites is 1. The van der Waals surface area contributed by atoms with Crippen LogP contribution in [0, 0.1) is 12.8 Å². The molecule has 3 rings (SSSR count). The first-order valence-corrected chi connectivity index (χ1v) is 11.6. The largest absolute Gasteiger partial charge is 0.344 e. The van der Waals surface area contributed by atoms with Gasteiger partial charge in [0, 0.05) is 24.0 Å². The molecule has 1 aliphatic rings. The van der Waals surface area contributed by atoms with Gasteiger partial charge in [0.1, 0.15) is 6.04 Å². The number of aryl methyl sites for hydroxylation is 1. The van der Waals surface area contributed by atoms with Crippen LogP contribution in [0.1, 0.15) is 18.5 Å². The Balaban J connectivity index is 1.63. The highest BCUT2D eigenvalue weighted by molar-refractivity contribution is 7.98. The summed E-state index contributed by atoms with van der Waals surface area (Å²) in [4.78, 5) is 43.7. The standard InChI is InChI=1S/C20H24N4O3S2/c1-13-12-29-20(21-13)23-19(27)16(8-9-28-2)22-18(26)14-10-17(25)24(11-14)15-6-4-3-5-7-15/h3-7,12,14,16H,8-11H2,1-2H3,(H,22,26)(H,21,23,27)/t14-,16-/m1/s1. The van der Waals surface area contributed by atoms with Gasteiger partial charge in [-0.1, -0.05) is 18.2 Å². The number of nitrogens with zero attached hydrogens (tertiary/aromatic N) is 2. The summed E-state index contributed by atoms with van der Waals surface area (Å²) in [5.74, 6) is -0.386. The molecule has 9 heteroatoms. The van der Waals surface area contributed by atoms with Crippen LogP contribution in [0.3, 0.4) is 0 Å². The summed E-state index contributed by atoms with van der Waals surface area (Å²) in [6.45, 7) is 2.17. The third kappa shape index (κ3) is 5.57. The minimum Gasteiger partial charge on any atom is -0.344 e. The molecule has 154 valence electrons. The fourth-order valence-electron chi connectivity index (χ4n) is 3.14. The van der Waals surface area contributed by atoms with Crippen molar-refractivity contribution >= 4 is 51.6 Å². The van der Waals surface area contributed by atoms with Gasteiger partial charge in [0.15, 0.2) is 5.13 Å². The van der Waals surface area contributed by atoms with Gasteiger partial charge in [-0.15, -0.1) is 11.3 Å². The lowest BCUT2D eigenvalue weighted by Crippen LogP contribution is -2.46. The highest BCUT2D eigenvalue weighted by atomic mass is 32.2. The number of aromatic nitrogens is 1. The number of nitrogens with one attached hydrogen (secondary N) is 2. The average Bonchev–Trinajstić information content (AvgIpc) is 3.30. The Morgan fingerprint density at radius 2 is 2.10 bits per heavy atom. The van der Waals surface area contributed by atoms with Crippen molar-refractivity contribution in [2.24, 2.45) is 5.92 Å². The second kappa shape index (κ2) is 9.89. The molecule has 0 spiro atoms. The number of carbonyl (C=O) groups is 3. The normalized spacial score (nSPS) is 17.2. The van der Waals surface area contributed by atoms with Crippen molar-refractivity contribution < 1.29 is 14.4 Å². The number of rotatable bonds is 8. The summed E-state index contributed by atoms with van der Waals surface area (Å²) in [6, 6.07) is 8.64. The van der Waals surface area contributed by atoms with Crippen LogP contribution in [0.25, 0.3) is 0 Å². The maximum Gasteiger partial charge on any atom is 0.248 e. The number of thioether (sulfide) groups is 1. The van der Waals surface area contributed by atoms with E-state index in [4.69, 9.17) is 0 Å². The molecule has 0 aliphatic carbocycles. The zero-order chi connectivity index (χ0) is 20.8. The Morgan fingerprint density at radius 3 is 2.76 bits per heavy atom. The van der Waals surface area contributed by atoms with Crippen molar-refractivity contribution in [3.05, 3.63) is 41.4 Å². The smallest absolute Gasteiger partial charge is 0.248 e. The predicted octanol–water partition coefficient (Wildman–Crippen LogP) is 2.68. The Labute approximate surface area is 178 Å². The number of carbonyl (C=O) groups excluding carboxylic acids is 3. The Morgan fingerprint density at radius 1 is 1.34 bits per heavy atom. The zero-order valence-electron chi connectivity index (χ0n) is 16.4. The van der Waals surface area contributed by atoms with Crippen LogP contribution >= 0.6 is 23.1 Å². The van der Waals surface area contributed by atoms with E-state index in [0.29, 0.717) is 18.1 Å². The predicted molar refractivity (Wildman–Crippen MR) is 117 cm³/mol. The van der Waals surface area contributed by atoms with E-state index in [1.165, 1.54) is 11.3 Å². The Kier molecular flexibility index (Phi) is 7.27. The summed E-state index contributed by atoms with van der Waals surface area (Å²) in [5, 5.41) is 8.00. The van der Waals surface area contributed by atoms with Crippen LogP contribution in [0.15, 0.2) is 35.7 Å². The van der Waals surface area contributed by atoms with Crippen LogP contribution in [-0.4, -0.2) is 47.3 Å². The first-order chi connectivity index (χ1) is 14.0. The third-order valence-electron chi connectivity index (χ3n) is 4.66. The van der Waals surface area contributed by atoms with Crippen LogP contribution in [-0.2, 0) is 14.4 Å². The van der Waals surface area contributed by atoms with Gasteiger partial charge in [-0.3, -0.25) is 14.4 Å². The molecule has 2 N–H and O–H groups in total. The van der Waals surface area contributed by atoms with Crippen molar-refractivity contribution in [3.63, 3.8) is 0 Å². The molecule has 1 aromatic heterocycles. The summed E-state index contributed by atoms with van der Waals surface area (Å²) in [6.07, 6.45) is 2.60. The molecule has 29 heavy (non-hydrogen) atoms. The molecule has 1 fully saturated rings. The van der Waals surface area contributed by atoms with Gasteiger partial charge in [0.2, 0.25) is 17.7 Å². The molecule has 2 atom stereocenters. The van der Waals surface area contributed by atoms with E-state index < -0.39 is 12.0 Å². The third-order valence-corrected chi connectivity index (χ3v) is 6.18. The van der Waals surface area contributed by atoms with Gasteiger partial charge in [-0.05, 0) is 37.5 Å². The maximum atomic E-state index is 12.8. The van der Waals surface area contributed by atoms with Gasteiger partial charge in [0.25, 0.3) is 0 Å². The molecule has 0 radical (unpaired) electrons. The summed E-state index contributed by atoms with van der Waals surface area (Å²) < 4.78 is 0. The second-order valence-corrected chi connectivity index (χ2v) is 8.71. The quantitative estimate of drug-likeness (QED) is 0.669. The van der Waals surface area contributed by atoms with Gasteiger partial charge >= 0.3 is 0 Å². The fraction of sp³-hybridized carbons (Fsp3) is 0.400. The molecule has 1 aromatic carbocycles. The van der Waals surface area contributed by atoms with Crippen LogP contribution in [0.2, 0.25) is 0 Å². The molecule has 0 bridgehead atoms. The topological polar surface area (TPSA) is 91.4 Å². The van der Waals surface area contributed by atoms with Crippen LogP contribution < -0.4 is 15.5 Å². The minimum absolute atomic E-state index is 0.0836. The lowest BCUT2D eigenvalue weighted by molar-refractivity contribution is -0.129. The van der Waals surface area contributed by atoms with Gasteiger partial charge in [0.05, 0.1) is 11.6 Å². The van der Waals surface area contributed by atoms with E-state index in [1.54, 1.807) is 16.7 Å². The SMILES string of the molecule is CSCC[C@@H](NC(=O)[C@@H]1CC(=O)N(c2ccccc2)C1)C(=O)Nc1nc(C)cs1. The van der Waals surface area contributed by atoms with Crippen LogP contribution in [0.5, 0.6) is 0 Å². The van der Waals surface area contributed by atoms with Gasteiger partial charge < -0.3 is 15.5 Å². The molecule has 1 saturated heterocycles. The zero-order valence-corrected chi connectivity index (χ0v) is 18.0. The molecular formula is C20H24N4O3S2. The number of anilines is 2. The molecule has 0 saturated carbocycles. The van der Waals surface area contributed by atoms with Crippen molar-refractivity contribution in [3.8, 4) is 0 Å². The fourth-order valence-corrected chi connectivity index (χ4v) is 4.30. The molecule has 2 aromatic rings. The van der Waals surface area contributed by atoms with E-state index in [9.17, 15) is 14.4 Å². The number of thiazole rings is 1. The maximum absolute atomic E-state index is 12.8. The lowest BCUT2D eigenvalue weighted by atomic mass is 10.1. The molecule has 7 nitrogen and oxygen atoms in total.